The van der Waals surface area contributed by atoms with Crippen LogP contribution in [0.5, 0.6) is 0 Å². The monoisotopic (exact) mass is 872 g/mol. The van der Waals surface area contributed by atoms with Gasteiger partial charge in [0.05, 0.1) is 39.6 Å². The lowest BCUT2D eigenvalue weighted by atomic mass is 9.52. The summed E-state index contributed by atoms with van der Waals surface area (Å²) in [6.07, 6.45) is 0. The summed E-state index contributed by atoms with van der Waals surface area (Å²) in [6, 6.07) is 83.0. The third-order valence-corrected chi connectivity index (χ3v) is 14.8. The van der Waals surface area contributed by atoms with Crippen LogP contribution < -0.4 is 9.80 Å². The fourth-order valence-corrected chi connectivity index (χ4v) is 12.1. The Labute approximate surface area is 392 Å². The molecule has 2 spiro atoms. The van der Waals surface area contributed by atoms with E-state index in [2.05, 4.69) is 238 Å². The minimum atomic E-state index is -0.958. The molecule has 0 atom stereocenters. The zero-order chi connectivity index (χ0) is 44.6. The number of nitrogens with one attached hydrogen (secondary N) is 2. The molecule has 0 bridgehead atoms. The average molecular weight is 873 g/mol. The van der Waals surface area contributed by atoms with E-state index >= 15 is 0 Å². The molecule has 0 saturated carbocycles. The first kappa shape index (κ1) is 37.2. The van der Waals surface area contributed by atoms with Gasteiger partial charge in [-0.3, -0.25) is 0 Å². The first-order chi connectivity index (χ1) is 33.7. The van der Waals surface area contributed by atoms with Crippen molar-refractivity contribution in [2.75, 3.05) is 9.80 Å². The Morgan fingerprint density at radius 3 is 1.38 bits per heavy atom. The summed E-state index contributed by atoms with van der Waals surface area (Å²) >= 11 is 0. The van der Waals surface area contributed by atoms with Crippen LogP contribution in [0.3, 0.4) is 0 Å². The van der Waals surface area contributed by atoms with Crippen molar-refractivity contribution in [1.29, 1.82) is 0 Å². The number of H-pyrrole nitrogens is 2. The maximum atomic E-state index is 7.81. The number of furan rings is 2. The highest BCUT2D eigenvalue weighted by atomic mass is 16.4. The summed E-state index contributed by atoms with van der Waals surface area (Å²) in [6.45, 7) is 0. The van der Waals surface area contributed by atoms with Crippen molar-refractivity contribution < 1.29 is 8.83 Å². The molecule has 320 valence electrons. The molecule has 0 amide bonds. The Morgan fingerprint density at radius 2 is 0.809 bits per heavy atom. The van der Waals surface area contributed by atoms with E-state index in [1.165, 1.54) is 0 Å². The van der Waals surface area contributed by atoms with Crippen molar-refractivity contribution in [2.24, 2.45) is 0 Å². The van der Waals surface area contributed by atoms with Crippen LogP contribution in [0.15, 0.2) is 239 Å². The molecule has 6 heteroatoms. The number of aromatic nitrogens is 2. The number of hydrogen-bond donors (Lipinski definition) is 2. The van der Waals surface area contributed by atoms with Gasteiger partial charge < -0.3 is 28.6 Å². The molecule has 68 heavy (non-hydrogen) atoms. The van der Waals surface area contributed by atoms with Gasteiger partial charge in [-0.05, 0) is 113 Å². The van der Waals surface area contributed by atoms with Crippen molar-refractivity contribution in [3.05, 3.63) is 275 Å². The van der Waals surface area contributed by atoms with Crippen LogP contribution in [0.25, 0.3) is 44.8 Å². The molecule has 0 unspecified atom stereocenters. The van der Waals surface area contributed by atoms with E-state index in [0.717, 1.165) is 112 Å². The Bertz CT molecular complexity index is 3500. The number of anilines is 6. The van der Waals surface area contributed by atoms with Crippen molar-refractivity contribution in [2.45, 2.75) is 10.8 Å². The summed E-state index contributed by atoms with van der Waals surface area (Å²) in [7, 11) is 0. The minimum Gasteiger partial charge on any atom is -0.456 e. The fourth-order valence-electron chi connectivity index (χ4n) is 12.1. The van der Waals surface area contributed by atoms with Crippen LogP contribution in [0, 0.1) is 0 Å². The third-order valence-electron chi connectivity index (χ3n) is 14.8. The molecule has 3 aliphatic rings. The van der Waals surface area contributed by atoms with E-state index in [0.29, 0.717) is 11.5 Å². The first-order valence-electron chi connectivity index (χ1n) is 23.3. The molecular formula is C62H40N4O2. The van der Waals surface area contributed by atoms with Gasteiger partial charge >= 0.3 is 0 Å². The zero-order valence-corrected chi connectivity index (χ0v) is 36.7. The van der Waals surface area contributed by atoms with E-state index in [-0.39, 0.29) is 0 Å². The Balaban J connectivity index is 1.14. The normalized spacial score (nSPS) is 14.6. The van der Waals surface area contributed by atoms with E-state index in [4.69, 9.17) is 8.83 Å². The molecule has 6 heterocycles. The molecular weight excluding hydrogens is 833 g/mol. The van der Waals surface area contributed by atoms with Crippen LogP contribution >= 0.6 is 0 Å². The molecule has 4 aromatic heterocycles. The van der Waals surface area contributed by atoms with E-state index in [9.17, 15) is 0 Å². The van der Waals surface area contributed by atoms with Crippen LogP contribution in [-0.4, -0.2) is 9.97 Å². The number of para-hydroxylation sites is 8. The molecule has 0 fully saturated rings. The number of aromatic amines is 2. The van der Waals surface area contributed by atoms with E-state index < -0.39 is 10.8 Å². The predicted molar refractivity (Wildman–Crippen MR) is 272 cm³/mol. The van der Waals surface area contributed by atoms with Crippen molar-refractivity contribution in [3.63, 3.8) is 0 Å². The quantitative estimate of drug-likeness (QED) is 0.185. The summed E-state index contributed by atoms with van der Waals surface area (Å²) in [5.41, 5.74) is 16.4. The van der Waals surface area contributed by atoms with Crippen LogP contribution in [0.1, 0.15) is 44.8 Å². The number of nitrogens with zero attached hydrogens (tertiary/aromatic N) is 2. The lowest BCUT2D eigenvalue weighted by molar-refractivity contribution is 0.433. The number of fused-ring (bicyclic) bond motifs is 16. The Kier molecular flexibility index (Phi) is 7.54. The summed E-state index contributed by atoms with van der Waals surface area (Å²) in [5, 5.41) is 2.17. The standard InChI is InChI=1S/C62H40N4O2/c1-3-21-41(22-4-1)65-52-30-14-9-25-43(52)61(44-26-10-15-31-53(44)65)48-38-58(57-36-40-20-8-18-34-56(40)67-57)68-60(48)62(47-37-51(64-59(47)61)50-35-39-19-7-13-29-49(39)63-50)45-27-11-16-32-54(45)66(42-23-5-2-6-24-42)55-33-17-12-28-46(55)62/h1-38,63-64H. The minimum absolute atomic E-state index is 0.673. The fraction of sp³-hybridized carbons (Fsp3) is 0.0323. The van der Waals surface area contributed by atoms with Crippen molar-refractivity contribution >= 4 is 56.0 Å². The lowest BCUT2D eigenvalue weighted by Gasteiger charge is -2.52. The van der Waals surface area contributed by atoms with Crippen LogP contribution in [0.2, 0.25) is 0 Å². The molecule has 8 aromatic carbocycles. The largest absolute Gasteiger partial charge is 0.456 e. The maximum Gasteiger partial charge on any atom is 0.170 e. The summed E-state index contributed by atoms with van der Waals surface area (Å²) in [5.74, 6) is 2.21. The average Bonchev–Trinajstić information content (AvgIpc) is 4.24. The molecule has 15 rings (SSSR count). The SMILES string of the molecule is c1ccc(N2c3ccccc3C3(c4ccccc42)c2cc(-c4cc5ccccc5o4)oc2C2(c4ccccc4N(c4ccccc4)c4ccccc42)c2cc(-c4cc5ccccc5[nH]4)[nH]c23)cc1. The molecule has 6 nitrogen and oxygen atoms in total. The third kappa shape index (κ3) is 4.80. The second-order valence-corrected chi connectivity index (χ2v) is 18.2. The number of hydrogen-bond acceptors (Lipinski definition) is 4. The van der Waals surface area contributed by atoms with Gasteiger partial charge in [-0.25, -0.2) is 0 Å². The lowest BCUT2D eigenvalue weighted by Crippen LogP contribution is -2.48. The second kappa shape index (κ2) is 13.8. The molecule has 0 saturated heterocycles. The summed E-state index contributed by atoms with van der Waals surface area (Å²) in [4.78, 5) is 12.9. The van der Waals surface area contributed by atoms with Gasteiger partial charge in [0, 0.05) is 38.9 Å². The molecule has 0 radical (unpaired) electrons. The van der Waals surface area contributed by atoms with Gasteiger partial charge in [0.15, 0.2) is 11.5 Å². The highest BCUT2D eigenvalue weighted by molar-refractivity contribution is 5.96. The smallest absolute Gasteiger partial charge is 0.170 e. The number of benzene rings is 8. The van der Waals surface area contributed by atoms with Gasteiger partial charge in [-0.2, -0.15) is 0 Å². The highest BCUT2D eigenvalue weighted by Crippen LogP contribution is 2.69. The van der Waals surface area contributed by atoms with Gasteiger partial charge in [-0.1, -0.05) is 146 Å². The molecule has 2 N–H and O–H groups in total. The predicted octanol–water partition coefficient (Wildman–Crippen LogP) is 15.8. The summed E-state index contributed by atoms with van der Waals surface area (Å²) < 4.78 is 14.6. The van der Waals surface area contributed by atoms with Gasteiger partial charge in [-0.15, -0.1) is 0 Å². The molecule has 12 aromatic rings. The Morgan fingerprint density at radius 1 is 0.338 bits per heavy atom. The van der Waals surface area contributed by atoms with Crippen molar-refractivity contribution in [3.8, 4) is 22.9 Å². The van der Waals surface area contributed by atoms with Gasteiger partial charge in [0.2, 0.25) is 0 Å². The van der Waals surface area contributed by atoms with E-state index in [1.807, 2.05) is 12.1 Å². The molecule has 1 aliphatic carbocycles. The maximum absolute atomic E-state index is 7.81. The molecule has 2 aliphatic heterocycles. The second-order valence-electron chi connectivity index (χ2n) is 18.2. The zero-order valence-electron chi connectivity index (χ0n) is 36.7. The van der Waals surface area contributed by atoms with Crippen molar-refractivity contribution in [1.82, 2.24) is 9.97 Å². The topological polar surface area (TPSA) is 64.3 Å². The van der Waals surface area contributed by atoms with Crippen LogP contribution in [-0.2, 0) is 10.8 Å². The van der Waals surface area contributed by atoms with Gasteiger partial charge in [0.25, 0.3) is 0 Å². The number of rotatable bonds is 4. The highest BCUT2D eigenvalue weighted by Gasteiger charge is 2.62. The van der Waals surface area contributed by atoms with Crippen LogP contribution in [0.4, 0.5) is 34.1 Å². The Hall–Kier alpha value is -9.00. The van der Waals surface area contributed by atoms with Gasteiger partial charge in [0.1, 0.15) is 16.8 Å². The van der Waals surface area contributed by atoms with E-state index in [1.54, 1.807) is 0 Å². The first-order valence-corrected chi connectivity index (χ1v) is 23.3.